The Labute approximate surface area is 126 Å². The zero-order chi connectivity index (χ0) is 14.4. The molecule has 1 aliphatic heterocycles. The second-order valence-electron chi connectivity index (χ2n) is 5.08. The molecule has 1 N–H and O–H groups in total. The molecule has 112 valence electrons. The van der Waals surface area contributed by atoms with Crippen molar-refractivity contribution in [2.24, 2.45) is 0 Å². The summed E-state index contributed by atoms with van der Waals surface area (Å²) in [7, 11) is 2.02. The Balaban J connectivity index is 1.90. The van der Waals surface area contributed by atoms with Crippen molar-refractivity contribution in [2.75, 3.05) is 26.0 Å². The van der Waals surface area contributed by atoms with Gasteiger partial charge in [0.05, 0.1) is 12.7 Å². The number of hydrogen-bond donors (Lipinski definition) is 1. The highest BCUT2D eigenvalue weighted by Gasteiger charge is 2.25. The lowest BCUT2D eigenvalue weighted by Crippen LogP contribution is -2.22. The van der Waals surface area contributed by atoms with Gasteiger partial charge in [-0.1, -0.05) is 12.1 Å². The quantitative estimate of drug-likeness (QED) is 0.836. The second kappa shape index (κ2) is 7.91. The van der Waals surface area contributed by atoms with Gasteiger partial charge in [-0.25, -0.2) is 0 Å². The predicted molar refractivity (Wildman–Crippen MR) is 85.7 cm³/mol. The van der Waals surface area contributed by atoms with Crippen LogP contribution in [0.3, 0.4) is 0 Å². The van der Waals surface area contributed by atoms with Crippen LogP contribution in [0.5, 0.6) is 5.75 Å². The average molecular weight is 295 g/mol. The standard InChI is InChI=1S/C16H25NO2S/c1-4-18-14-7-5-13(6-8-14)15(17-3)11-20-16-9-10-19-12(16)2/h5-8,12,15-17H,4,9-11H2,1-3H3. The molecular formula is C16H25NO2S. The Morgan fingerprint density at radius 3 is 2.70 bits per heavy atom. The summed E-state index contributed by atoms with van der Waals surface area (Å²) >= 11 is 2.02. The summed E-state index contributed by atoms with van der Waals surface area (Å²) in [5, 5.41) is 4.04. The third-order valence-electron chi connectivity index (χ3n) is 3.73. The lowest BCUT2D eigenvalue weighted by molar-refractivity contribution is 0.127. The van der Waals surface area contributed by atoms with Crippen LogP contribution in [0.1, 0.15) is 31.9 Å². The summed E-state index contributed by atoms with van der Waals surface area (Å²) in [6.07, 6.45) is 1.56. The van der Waals surface area contributed by atoms with Gasteiger partial charge in [-0.3, -0.25) is 0 Å². The van der Waals surface area contributed by atoms with Gasteiger partial charge in [-0.2, -0.15) is 11.8 Å². The summed E-state index contributed by atoms with van der Waals surface area (Å²) in [5.74, 6) is 2.01. The maximum Gasteiger partial charge on any atom is 0.119 e. The van der Waals surface area contributed by atoms with Crippen LogP contribution in [0.4, 0.5) is 0 Å². The van der Waals surface area contributed by atoms with E-state index in [1.807, 2.05) is 25.7 Å². The molecule has 0 spiro atoms. The van der Waals surface area contributed by atoms with Gasteiger partial charge in [0, 0.05) is 23.7 Å². The Hall–Kier alpha value is -0.710. The molecule has 1 aromatic rings. The molecule has 3 nitrogen and oxygen atoms in total. The van der Waals surface area contributed by atoms with Crippen LogP contribution in [0.2, 0.25) is 0 Å². The minimum absolute atomic E-state index is 0.378. The monoisotopic (exact) mass is 295 g/mol. The highest BCUT2D eigenvalue weighted by atomic mass is 32.2. The number of nitrogens with one attached hydrogen (secondary N) is 1. The zero-order valence-electron chi connectivity index (χ0n) is 12.6. The Morgan fingerprint density at radius 1 is 1.40 bits per heavy atom. The van der Waals surface area contributed by atoms with Crippen LogP contribution < -0.4 is 10.1 Å². The normalized spacial score (nSPS) is 23.8. The molecule has 1 aromatic carbocycles. The van der Waals surface area contributed by atoms with Gasteiger partial charge in [-0.05, 0) is 45.0 Å². The van der Waals surface area contributed by atoms with Gasteiger partial charge in [0.25, 0.3) is 0 Å². The molecule has 0 amide bonds. The van der Waals surface area contributed by atoms with E-state index >= 15 is 0 Å². The number of benzene rings is 1. The molecule has 20 heavy (non-hydrogen) atoms. The number of ether oxygens (including phenoxy) is 2. The SMILES string of the molecule is CCOc1ccc(C(CSC2CCOC2C)NC)cc1. The first kappa shape index (κ1) is 15.7. The lowest BCUT2D eigenvalue weighted by atomic mass is 10.1. The van der Waals surface area contributed by atoms with E-state index in [4.69, 9.17) is 9.47 Å². The first-order valence-electron chi connectivity index (χ1n) is 7.37. The fourth-order valence-corrected chi connectivity index (χ4v) is 3.87. The maximum absolute atomic E-state index is 5.62. The third-order valence-corrected chi connectivity index (χ3v) is 5.30. The van der Waals surface area contributed by atoms with E-state index in [-0.39, 0.29) is 0 Å². The highest BCUT2D eigenvalue weighted by Crippen LogP contribution is 2.30. The van der Waals surface area contributed by atoms with Crippen molar-refractivity contribution in [1.29, 1.82) is 0 Å². The molecule has 0 aromatic heterocycles. The van der Waals surface area contributed by atoms with E-state index in [9.17, 15) is 0 Å². The molecule has 2 rings (SSSR count). The van der Waals surface area contributed by atoms with Crippen LogP contribution in [-0.2, 0) is 4.74 Å². The number of hydrogen-bond acceptors (Lipinski definition) is 4. The molecule has 3 unspecified atom stereocenters. The number of thioether (sulfide) groups is 1. The van der Waals surface area contributed by atoms with Crippen LogP contribution in [0, 0.1) is 0 Å². The van der Waals surface area contributed by atoms with E-state index in [0.717, 1.165) is 18.1 Å². The Morgan fingerprint density at radius 2 is 2.15 bits per heavy atom. The summed E-state index contributed by atoms with van der Waals surface area (Å²) in [6, 6.07) is 8.79. The number of rotatable bonds is 7. The smallest absolute Gasteiger partial charge is 0.119 e. The van der Waals surface area contributed by atoms with Crippen molar-refractivity contribution < 1.29 is 9.47 Å². The van der Waals surface area contributed by atoms with Gasteiger partial charge < -0.3 is 14.8 Å². The zero-order valence-corrected chi connectivity index (χ0v) is 13.4. The van der Waals surface area contributed by atoms with Gasteiger partial charge in [0.2, 0.25) is 0 Å². The average Bonchev–Trinajstić information content (AvgIpc) is 2.87. The van der Waals surface area contributed by atoms with Crippen LogP contribution in [0.15, 0.2) is 24.3 Å². The van der Waals surface area contributed by atoms with Crippen molar-refractivity contribution >= 4 is 11.8 Å². The topological polar surface area (TPSA) is 30.5 Å². The van der Waals surface area contributed by atoms with Gasteiger partial charge >= 0.3 is 0 Å². The maximum atomic E-state index is 5.62. The predicted octanol–water partition coefficient (Wildman–Crippen LogP) is 3.26. The van der Waals surface area contributed by atoms with E-state index < -0.39 is 0 Å². The van der Waals surface area contributed by atoms with Crippen LogP contribution in [0.25, 0.3) is 0 Å². The van der Waals surface area contributed by atoms with Crippen molar-refractivity contribution in [3.63, 3.8) is 0 Å². The molecule has 3 atom stereocenters. The van der Waals surface area contributed by atoms with Crippen LogP contribution in [-0.4, -0.2) is 37.4 Å². The van der Waals surface area contributed by atoms with E-state index in [1.54, 1.807) is 0 Å². The van der Waals surface area contributed by atoms with Gasteiger partial charge in [-0.15, -0.1) is 0 Å². The summed E-state index contributed by atoms with van der Waals surface area (Å²) < 4.78 is 11.1. The van der Waals surface area contributed by atoms with Gasteiger partial charge in [0.1, 0.15) is 5.75 Å². The van der Waals surface area contributed by atoms with Crippen molar-refractivity contribution in [2.45, 2.75) is 37.7 Å². The molecule has 0 bridgehead atoms. The Bertz CT molecular complexity index is 396. The van der Waals surface area contributed by atoms with E-state index in [0.29, 0.717) is 24.0 Å². The Kier molecular flexibility index (Phi) is 6.20. The summed E-state index contributed by atoms with van der Waals surface area (Å²) in [4.78, 5) is 0. The molecule has 0 aliphatic carbocycles. The first-order valence-corrected chi connectivity index (χ1v) is 8.42. The molecule has 0 saturated carbocycles. The molecule has 1 heterocycles. The van der Waals surface area contributed by atoms with Crippen molar-refractivity contribution in [1.82, 2.24) is 5.32 Å². The highest BCUT2D eigenvalue weighted by molar-refractivity contribution is 8.00. The molecule has 4 heteroatoms. The van der Waals surface area contributed by atoms with E-state index in [2.05, 4.69) is 36.5 Å². The molecule has 1 fully saturated rings. The molecule has 0 radical (unpaired) electrons. The fourth-order valence-electron chi connectivity index (χ4n) is 2.46. The lowest BCUT2D eigenvalue weighted by Gasteiger charge is -2.20. The van der Waals surface area contributed by atoms with Crippen LogP contribution >= 0.6 is 11.8 Å². The van der Waals surface area contributed by atoms with Crippen molar-refractivity contribution in [3.8, 4) is 5.75 Å². The van der Waals surface area contributed by atoms with Gasteiger partial charge in [0.15, 0.2) is 0 Å². The van der Waals surface area contributed by atoms with E-state index in [1.165, 1.54) is 12.0 Å². The fraction of sp³-hybridized carbons (Fsp3) is 0.625. The molecular weight excluding hydrogens is 270 g/mol. The minimum Gasteiger partial charge on any atom is -0.494 e. The summed E-state index contributed by atoms with van der Waals surface area (Å²) in [6.45, 7) is 5.80. The summed E-state index contributed by atoms with van der Waals surface area (Å²) in [5.41, 5.74) is 1.31. The largest absolute Gasteiger partial charge is 0.494 e. The third kappa shape index (κ3) is 4.14. The molecule has 1 aliphatic rings. The van der Waals surface area contributed by atoms with Crippen molar-refractivity contribution in [3.05, 3.63) is 29.8 Å². The second-order valence-corrected chi connectivity index (χ2v) is 6.35. The minimum atomic E-state index is 0.378. The first-order chi connectivity index (χ1) is 9.74. The molecule has 1 saturated heterocycles.